The van der Waals surface area contributed by atoms with E-state index >= 15 is 0 Å². The second-order valence-corrected chi connectivity index (χ2v) is 6.16. The van der Waals surface area contributed by atoms with E-state index in [2.05, 4.69) is 20.4 Å². The molecular weight excluding hydrogens is 342 g/mol. The van der Waals surface area contributed by atoms with Gasteiger partial charge < -0.3 is 15.5 Å². The maximum absolute atomic E-state index is 10.6. The van der Waals surface area contributed by atoms with Crippen molar-refractivity contribution in [2.45, 2.75) is 12.1 Å². The van der Waals surface area contributed by atoms with Crippen molar-refractivity contribution in [2.75, 3.05) is 11.9 Å². The molecule has 2 atom stereocenters. The van der Waals surface area contributed by atoms with Crippen molar-refractivity contribution in [1.29, 1.82) is 0 Å². The van der Waals surface area contributed by atoms with Crippen LogP contribution in [0, 0.1) is 0 Å². The Kier molecular flexibility index (Phi) is 4.78. The zero-order valence-electron chi connectivity index (χ0n) is 14.5. The summed E-state index contributed by atoms with van der Waals surface area (Å²) in [5.74, 6) is 0.532. The summed E-state index contributed by atoms with van der Waals surface area (Å²) in [6.45, 7) is -0.239. The molecular formula is C20H19N5O2. The van der Waals surface area contributed by atoms with Gasteiger partial charge in [-0.2, -0.15) is 0 Å². The van der Waals surface area contributed by atoms with Gasteiger partial charge in [0, 0.05) is 18.0 Å². The molecule has 4 rings (SSSR count). The number of anilines is 1. The van der Waals surface area contributed by atoms with Gasteiger partial charge in [-0.25, -0.2) is 9.50 Å². The summed E-state index contributed by atoms with van der Waals surface area (Å²) in [5.41, 5.74) is 3.21. The van der Waals surface area contributed by atoms with Crippen molar-refractivity contribution in [3.8, 4) is 11.3 Å². The van der Waals surface area contributed by atoms with Crippen LogP contribution in [0.3, 0.4) is 0 Å². The third kappa shape index (κ3) is 3.51. The van der Waals surface area contributed by atoms with Gasteiger partial charge in [0.05, 0.1) is 24.5 Å². The Hall–Kier alpha value is -3.29. The average molecular weight is 361 g/mol. The minimum atomic E-state index is -0.865. The molecule has 0 amide bonds. The van der Waals surface area contributed by atoms with Gasteiger partial charge in [-0.15, -0.1) is 5.10 Å². The highest BCUT2D eigenvalue weighted by atomic mass is 16.3. The molecule has 0 bridgehead atoms. The smallest absolute Gasteiger partial charge is 0.154 e. The van der Waals surface area contributed by atoms with Crippen LogP contribution in [0.4, 0.5) is 5.82 Å². The minimum absolute atomic E-state index is 0.239. The fraction of sp³-hybridized carbons (Fsp3) is 0.150. The predicted molar refractivity (Wildman–Crippen MR) is 102 cm³/mol. The number of nitrogens with one attached hydrogen (secondary N) is 1. The molecule has 0 saturated heterocycles. The number of hydrogen-bond acceptors (Lipinski definition) is 6. The molecule has 0 fully saturated rings. The van der Waals surface area contributed by atoms with Gasteiger partial charge in [-0.3, -0.25) is 4.98 Å². The maximum Gasteiger partial charge on any atom is 0.154 e. The molecule has 0 spiro atoms. The average Bonchev–Trinajstić information content (AvgIpc) is 3.16. The Morgan fingerprint density at radius 2 is 1.78 bits per heavy atom. The Bertz CT molecular complexity index is 1020. The van der Waals surface area contributed by atoms with Crippen LogP contribution in [0.5, 0.6) is 0 Å². The number of aliphatic hydroxyl groups is 2. The second kappa shape index (κ2) is 7.53. The normalized spacial score (nSPS) is 13.4. The lowest BCUT2D eigenvalue weighted by atomic mass is 10.0. The molecule has 7 nitrogen and oxygen atoms in total. The molecule has 4 aromatic rings. The number of fused-ring (bicyclic) bond motifs is 1. The topological polar surface area (TPSA) is 95.6 Å². The van der Waals surface area contributed by atoms with Crippen LogP contribution < -0.4 is 5.32 Å². The van der Waals surface area contributed by atoms with E-state index in [-0.39, 0.29) is 6.61 Å². The van der Waals surface area contributed by atoms with Gasteiger partial charge in [0.2, 0.25) is 0 Å². The number of pyridine rings is 1. The van der Waals surface area contributed by atoms with Gasteiger partial charge in [0.25, 0.3) is 0 Å². The van der Waals surface area contributed by atoms with E-state index < -0.39 is 12.1 Å². The lowest BCUT2D eigenvalue weighted by Crippen LogP contribution is -2.31. The summed E-state index contributed by atoms with van der Waals surface area (Å²) in [4.78, 5) is 8.41. The number of aliphatic hydroxyl groups excluding tert-OH is 2. The zero-order chi connectivity index (χ0) is 18.6. The van der Waals surface area contributed by atoms with Crippen molar-refractivity contribution < 1.29 is 10.2 Å². The van der Waals surface area contributed by atoms with Crippen molar-refractivity contribution in [3.05, 3.63) is 78.8 Å². The molecule has 0 aliphatic rings. The first-order valence-electron chi connectivity index (χ1n) is 8.62. The number of imidazole rings is 1. The van der Waals surface area contributed by atoms with Gasteiger partial charge in [-0.05, 0) is 29.8 Å². The highest BCUT2D eigenvalue weighted by molar-refractivity contribution is 5.63. The number of benzene rings is 1. The van der Waals surface area contributed by atoms with Crippen molar-refractivity contribution in [2.24, 2.45) is 0 Å². The van der Waals surface area contributed by atoms with Crippen LogP contribution in [-0.4, -0.2) is 42.4 Å². The highest BCUT2D eigenvalue weighted by Crippen LogP contribution is 2.22. The third-order valence-corrected chi connectivity index (χ3v) is 4.39. The second-order valence-electron chi connectivity index (χ2n) is 6.16. The van der Waals surface area contributed by atoms with E-state index in [4.69, 9.17) is 0 Å². The molecule has 0 aliphatic heterocycles. The Labute approximate surface area is 156 Å². The summed E-state index contributed by atoms with van der Waals surface area (Å²) in [6, 6.07) is 16.0. The van der Waals surface area contributed by atoms with Gasteiger partial charge in [-0.1, -0.05) is 30.3 Å². The minimum Gasteiger partial charge on any atom is -0.394 e. The Morgan fingerprint density at radius 3 is 2.52 bits per heavy atom. The van der Waals surface area contributed by atoms with Gasteiger partial charge >= 0.3 is 0 Å². The fourth-order valence-corrected chi connectivity index (χ4v) is 2.97. The summed E-state index contributed by atoms with van der Waals surface area (Å²) in [5, 5.41) is 28.0. The molecule has 3 heterocycles. The van der Waals surface area contributed by atoms with E-state index in [1.54, 1.807) is 29.2 Å². The molecule has 0 radical (unpaired) electrons. The lowest BCUT2D eigenvalue weighted by Gasteiger charge is -2.23. The van der Waals surface area contributed by atoms with E-state index in [1.807, 2.05) is 48.5 Å². The first-order chi connectivity index (χ1) is 13.3. The number of rotatable bonds is 6. The monoisotopic (exact) mass is 361 g/mol. The first kappa shape index (κ1) is 17.1. The Balaban J connectivity index is 1.63. The van der Waals surface area contributed by atoms with Crippen LogP contribution in [0.25, 0.3) is 16.9 Å². The molecule has 0 unspecified atom stereocenters. The van der Waals surface area contributed by atoms with E-state index in [0.717, 1.165) is 16.8 Å². The maximum atomic E-state index is 10.6. The largest absolute Gasteiger partial charge is 0.394 e. The molecule has 0 saturated carbocycles. The standard InChI is InChI=1S/C20H19N5O2/c26-13-16(20(27)15-4-2-1-3-5-15)23-18-6-7-19-22-12-17(25(19)24-18)14-8-10-21-11-9-14/h1-12,16,20,26-27H,13H2,(H,23,24)/t16-,20-/m1/s1. The first-order valence-corrected chi connectivity index (χ1v) is 8.62. The molecule has 7 heteroatoms. The van der Waals surface area contributed by atoms with Crippen molar-refractivity contribution in [3.63, 3.8) is 0 Å². The highest BCUT2D eigenvalue weighted by Gasteiger charge is 2.21. The molecule has 1 aromatic carbocycles. The van der Waals surface area contributed by atoms with Crippen molar-refractivity contribution >= 4 is 11.5 Å². The number of aromatic nitrogens is 4. The van der Waals surface area contributed by atoms with E-state index in [9.17, 15) is 10.2 Å². The zero-order valence-corrected chi connectivity index (χ0v) is 14.5. The molecule has 3 N–H and O–H groups in total. The predicted octanol–water partition coefficient (Wildman–Crippen LogP) is 2.30. The molecule has 0 aliphatic carbocycles. The van der Waals surface area contributed by atoms with Crippen LogP contribution >= 0.6 is 0 Å². The Morgan fingerprint density at radius 1 is 1.00 bits per heavy atom. The van der Waals surface area contributed by atoms with Crippen LogP contribution in [0.1, 0.15) is 11.7 Å². The third-order valence-electron chi connectivity index (χ3n) is 4.39. The van der Waals surface area contributed by atoms with Crippen LogP contribution in [0.2, 0.25) is 0 Å². The SMILES string of the molecule is OC[C@@H](Nc1ccc2ncc(-c3ccncc3)n2n1)[C@H](O)c1ccccc1. The number of nitrogens with zero attached hydrogens (tertiary/aromatic N) is 4. The molecule has 136 valence electrons. The van der Waals surface area contributed by atoms with E-state index in [1.165, 1.54) is 0 Å². The van der Waals surface area contributed by atoms with E-state index in [0.29, 0.717) is 11.5 Å². The quantitative estimate of drug-likeness (QED) is 0.488. The van der Waals surface area contributed by atoms with Crippen LogP contribution in [-0.2, 0) is 0 Å². The van der Waals surface area contributed by atoms with Gasteiger partial charge in [0.15, 0.2) is 5.65 Å². The summed E-state index contributed by atoms with van der Waals surface area (Å²) in [6.07, 6.45) is 4.32. The molecule has 3 aromatic heterocycles. The molecule has 27 heavy (non-hydrogen) atoms. The summed E-state index contributed by atoms with van der Waals surface area (Å²) in [7, 11) is 0. The van der Waals surface area contributed by atoms with Crippen molar-refractivity contribution in [1.82, 2.24) is 19.6 Å². The summed E-state index contributed by atoms with van der Waals surface area (Å²) >= 11 is 0. The fourth-order valence-electron chi connectivity index (χ4n) is 2.97. The van der Waals surface area contributed by atoms with Crippen LogP contribution in [0.15, 0.2) is 73.2 Å². The van der Waals surface area contributed by atoms with Gasteiger partial charge in [0.1, 0.15) is 11.9 Å². The summed E-state index contributed by atoms with van der Waals surface area (Å²) < 4.78 is 1.72. The number of hydrogen-bond donors (Lipinski definition) is 3. The lowest BCUT2D eigenvalue weighted by molar-refractivity contribution is 0.118.